The van der Waals surface area contributed by atoms with Gasteiger partial charge in [-0.05, 0) is 49.4 Å². The Morgan fingerprint density at radius 3 is 2.30 bits per heavy atom. The second kappa shape index (κ2) is 10.2. The molecular formula is C19H21F2NO5. The predicted octanol–water partition coefficient (Wildman–Crippen LogP) is 3.50. The Hall–Kier alpha value is -3.03. The molecule has 0 fully saturated rings. The van der Waals surface area contributed by atoms with Crippen molar-refractivity contribution in [2.24, 2.45) is 0 Å². The molecule has 0 saturated carbocycles. The van der Waals surface area contributed by atoms with Crippen LogP contribution in [-0.2, 0) is 0 Å². The van der Waals surface area contributed by atoms with Gasteiger partial charge < -0.3 is 24.3 Å². The number of nitrogens with one attached hydrogen (secondary N) is 1. The highest BCUT2D eigenvalue weighted by Gasteiger charge is 2.14. The molecule has 0 spiro atoms. The fourth-order valence-corrected chi connectivity index (χ4v) is 2.24. The number of carbonyl (C=O) groups excluding carboxylic acids is 1. The SMILES string of the molecule is CCOc1ccc(OCCNC(=O)c2ccc(OC(F)F)c(OC)c2)cc1. The summed E-state index contributed by atoms with van der Waals surface area (Å²) in [7, 11) is 1.31. The molecule has 6 nitrogen and oxygen atoms in total. The summed E-state index contributed by atoms with van der Waals surface area (Å²) in [5.74, 6) is 0.943. The first kappa shape index (κ1) is 20.3. The third-order valence-electron chi connectivity index (χ3n) is 3.43. The second-order valence-electron chi connectivity index (χ2n) is 5.25. The van der Waals surface area contributed by atoms with Crippen molar-refractivity contribution in [1.29, 1.82) is 0 Å². The van der Waals surface area contributed by atoms with Crippen LogP contribution < -0.4 is 24.3 Å². The first-order chi connectivity index (χ1) is 13.0. The Kier molecular flexibility index (Phi) is 7.66. The van der Waals surface area contributed by atoms with Crippen LogP contribution in [0.1, 0.15) is 17.3 Å². The number of carbonyl (C=O) groups is 1. The van der Waals surface area contributed by atoms with Crippen LogP contribution in [0.3, 0.4) is 0 Å². The van der Waals surface area contributed by atoms with E-state index in [0.29, 0.717) is 12.4 Å². The van der Waals surface area contributed by atoms with E-state index in [1.807, 2.05) is 6.92 Å². The van der Waals surface area contributed by atoms with Gasteiger partial charge in [0, 0.05) is 5.56 Å². The van der Waals surface area contributed by atoms with E-state index in [4.69, 9.17) is 14.2 Å². The molecule has 0 aliphatic carbocycles. The summed E-state index contributed by atoms with van der Waals surface area (Å²) in [5, 5.41) is 2.68. The number of amides is 1. The van der Waals surface area contributed by atoms with Crippen LogP contribution in [0.2, 0.25) is 0 Å². The number of rotatable bonds is 10. The van der Waals surface area contributed by atoms with Gasteiger partial charge in [0.1, 0.15) is 18.1 Å². The second-order valence-corrected chi connectivity index (χ2v) is 5.25. The Morgan fingerprint density at radius 2 is 1.70 bits per heavy atom. The van der Waals surface area contributed by atoms with Gasteiger partial charge in [-0.1, -0.05) is 0 Å². The van der Waals surface area contributed by atoms with E-state index in [1.165, 1.54) is 25.3 Å². The molecule has 27 heavy (non-hydrogen) atoms. The molecule has 0 radical (unpaired) electrons. The van der Waals surface area contributed by atoms with Crippen LogP contribution in [0.25, 0.3) is 0 Å². The average Bonchev–Trinajstić information content (AvgIpc) is 2.66. The predicted molar refractivity (Wildman–Crippen MR) is 95.1 cm³/mol. The molecule has 0 unspecified atom stereocenters. The molecule has 0 atom stereocenters. The molecule has 0 heterocycles. The van der Waals surface area contributed by atoms with E-state index in [0.717, 1.165) is 5.75 Å². The smallest absolute Gasteiger partial charge is 0.387 e. The third-order valence-corrected chi connectivity index (χ3v) is 3.43. The summed E-state index contributed by atoms with van der Waals surface area (Å²) in [5.41, 5.74) is 0.259. The van der Waals surface area contributed by atoms with E-state index in [2.05, 4.69) is 10.1 Å². The first-order valence-electron chi connectivity index (χ1n) is 8.30. The Bertz CT molecular complexity index is 737. The van der Waals surface area contributed by atoms with Gasteiger partial charge in [0.05, 0.1) is 20.3 Å². The van der Waals surface area contributed by atoms with E-state index >= 15 is 0 Å². The van der Waals surface area contributed by atoms with Crippen LogP contribution >= 0.6 is 0 Å². The van der Waals surface area contributed by atoms with Gasteiger partial charge in [0.25, 0.3) is 5.91 Å². The zero-order valence-electron chi connectivity index (χ0n) is 15.0. The third kappa shape index (κ3) is 6.32. The van der Waals surface area contributed by atoms with Crippen LogP contribution in [0, 0.1) is 0 Å². The number of methoxy groups -OCH3 is 1. The summed E-state index contributed by atoms with van der Waals surface area (Å²) >= 11 is 0. The summed E-state index contributed by atoms with van der Waals surface area (Å²) in [6.45, 7) is 0.0554. The van der Waals surface area contributed by atoms with Crippen molar-refractivity contribution < 1.29 is 32.5 Å². The Balaban J connectivity index is 1.83. The Labute approximate surface area is 156 Å². The van der Waals surface area contributed by atoms with Gasteiger partial charge in [-0.3, -0.25) is 4.79 Å². The molecule has 8 heteroatoms. The van der Waals surface area contributed by atoms with E-state index in [1.54, 1.807) is 24.3 Å². The minimum atomic E-state index is -2.97. The average molecular weight is 381 g/mol. The molecule has 2 aromatic carbocycles. The van der Waals surface area contributed by atoms with Crippen molar-refractivity contribution in [3.8, 4) is 23.0 Å². The van der Waals surface area contributed by atoms with Gasteiger partial charge in [-0.2, -0.15) is 8.78 Å². The van der Waals surface area contributed by atoms with Gasteiger partial charge in [0.2, 0.25) is 0 Å². The van der Waals surface area contributed by atoms with Crippen molar-refractivity contribution in [2.45, 2.75) is 13.5 Å². The van der Waals surface area contributed by atoms with Crippen molar-refractivity contribution in [3.63, 3.8) is 0 Å². The molecule has 146 valence electrons. The molecule has 0 bridgehead atoms. The fourth-order valence-electron chi connectivity index (χ4n) is 2.24. The monoisotopic (exact) mass is 381 g/mol. The highest BCUT2D eigenvalue weighted by atomic mass is 19.3. The molecule has 1 amide bonds. The van der Waals surface area contributed by atoms with E-state index < -0.39 is 6.61 Å². The van der Waals surface area contributed by atoms with E-state index in [9.17, 15) is 13.6 Å². The number of benzene rings is 2. The number of ether oxygens (including phenoxy) is 4. The Morgan fingerprint density at radius 1 is 1.04 bits per heavy atom. The molecule has 0 aliphatic rings. The maximum atomic E-state index is 12.3. The summed E-state index contributed by atoms with van der Waals surface area (Å²) < 4.78 is 44.8. The van der Waals surface area contributed by atoms with Crippen LogP contribution in [-0.4, -0.2) is 39.4 Å². The number of hydrogen-bond acceptors (Lipinski definition) is 5. The molecule has 0 saturated heterocycles. The lowest BCUT2D eigenvalue weighted by Crippen LogP contribution is -2.28. The molecule has 0 aliphatic heterocycles. The zero-order chi connectivity index (χ0) is 19.6. The van der Waals surface area contributed by atoms with E-state index in [-0.39, 0.29) is 36.1 Å². The van der Waals surface area contributed by atoms with Gasteiger partial charge in [0.15, 0.2) is 11.5 Å². The molecule has 1 N–H and O–H groups in total. The standard InChI is InChI=1S/C19H21F2NO5/c1-3-25-14-5-7-15(8-6-14)26-11-10-22-18(23)13-4-9-16(27-19(20)21)17(12-13)24-2/h4-9,12,19H,3,10-11H2,1-2H3,(H,22,23). The maximum Gasteiger partial charge on any atom is 0.387 e. The molecule has 0 aromatic heterocycles. The number of hydrogen-bond donors (Lipinski definition) is 1. The van der Waals surface area contributed by atoms with Crippen molar-refractivity contribution >= 4 is 5.91 Å². The van der Waals surface area contributed by atoms with Crippen LogP contribution in [0.5, 0.6) is 23.0 Å². The lowest BCUT2D eigenvalue weighted by molar-refractivity contribution is -0.0512. The van der Waals surface area contributed by atoms with Gasteiger partial charge >= 0.3 is 6.61 Å². The zero-order valence-corrected chi connectivity index (χ0v) is 15.0. The van der Waals surface area contributed by atoms with Gasteiger partial charge in [-0.25, -0.2) is 0 Å². The maximum absolute atomic E-state index is 12.3. The summed E-state index contributed by atoms with van der Waals surface area (Å²) in [6.07, 6.45) is 0. The quantitative estimate of drug-likeness (QED) is 0.638. The van der Waals surface area contributed by atoms with Crippen LogP contribution in [0.4, 0.5) is 8.78 Å². The topological polar surface area (TPSA) is 66.0 Å². The largest absolute Gasteiger partial charge is 0.494 e. The fraction of sp³-hybridized carbons (Fsp3) is 0.316. The van der Waals surface area contributed by atoms with Crippen molar-refractivity contribution in [1.82, 2.24) is 5.32 Å². The number of halogens is 2. The van der Waals surface area contributed by atoms with Crippen molar-refractivity contribution in [2.75, 3.05) is 26.9 Å². The van der Waals surface area contributed by atoms with Gasteiger partial charge in [-0.15, -0.1) is 0 Å². The summed E-state index contributed by atoms with van der Waals surface area (Å²) in [6, 6.07) is 11.1. The normalized spacial score (nSPS) is 10.4. The minimum absolute atomic E-state index is 0.0496. The number of alkyl halides is 2. The van der Waals surface area contributed by atoms with Crippen molar-refractivity contribution in [3.05, 3.63) is 48.0 Å². The minimum Gasteiger partial charge on any atom is -0.494 e. The molecule has 2 aromatic rings. The lowest BCUT2D eigenvalue weighted by atomic mass is 10.2. The van der Waals surface area contributed by atoms with Crippen LogP contribution in [0.15, 0.2) is 42.5 Å². The molecular weight excluding hydrogens is 360 g/mol. The summed E-state index contributed by atoms with van der Waals surface area (Å²) in [4.78, 5) is 12.1. The highest BCUT2D eigenvalue weighted by Crippen LogP contribution is 2.29. The molecule has 2 rings (SSSR count). The first-order valence-corrected chi connectivity index (χ1v) is 8.30. The lowest BCUT2D eigenvalue weighted by Gasteiger charge is -2.12. The highest BCUT2D eigenvalue weighted by molar-refractivity contribution is 5.94.